The standard InChI is InChI=1S/C10H6BrFOS/c11-3-6-1-8(12)2-9-10(6)7(4-13)5-14-9/h1-2,4-5H,3H2. The Balaban J connectivity index is 2.85. The first kappa shape index (κ1) is 9.80. The number of hydrogen-bond acceptors (Lipinski definition) is 2. The second kappa shape index (κ2) is 3.79. The summed E-state index contributed by atoms with van der Waals surface area (Å²) in [4.78, 5) is 10.7. The Kier molecular flexibility index (Phi) is 2.65. The van der Waals surface area contributed by atoms with E-state index in [9.17, 15) is 9.18 Å². The molecule has 4 heteroatoms. The first-order valence-corrected chi connectivity index (χ1v) is 5.97. The molecule has 1 aromatic carbocycles. The second-order valence-corrected chi connectivity index (χ2v) is 4.35. The lowest BCUT2D eigenvalue weighted by Gasteiger charge is -2.00. The van der Waals surface area contributed by atoms with E-state index in [1.165, 1.54) is 23.5 Å². The van der Waals surface area contributed by atoms with E-state index < -0.39 is 0 Å². The van der Waals surface area contributed by atoms with Gasteiger partial charge in [0.05, 0.1) is 0 Å². The molecule has 0 aliphatic carbocycles. The number of rotatable bonds is 2. The molecule has 0 unspecified atom stereocenters. The zero-order valence-electron chi connectivity index (χ0n) is 7.09. The number of carbonyl (C=O) groups is 1. The molecule has 0 N–H and O–H groups in total. The molecule has 0 saturated carbocycles. The summed E-state index contributed by atoms with van der Waals surface area (Å²) in [5.41, 5.74) is 1.46. The molecular weight excluding hydrogens is 267 g/mol. The number of halogens is 2. The van der Waals surface area contributed by atoms with Gasteiger partial charge in [0.25, 0.3) is 0 Å². The third-order valence-corrected chi connectivity index (χ3v) is 3.57. The van der Waals surface area contributed by atoms with Gasteiger partial charge in [0.1, 0.15) is 5.82 Å². The van der Waals surface area contributed by atoms with Crippen LogP contribution in [0, 0.1) is 5.82 Å². The molecule has 0 atom stereocenters. The van der Waals surface area contributed by atoms with Crippen molar-refractivity contribution in [2.75, 3.05) is 0 Å². The number of hydrogen-bond donors (Lipinski definition) is 0. The number of thiophene rings is 1. The smallest absolute Gasteiger partial charge is 0.151 e. The summed E-state index contributed by atoms with van der Waals surface area (Å²) in [6.07, 6.45) is 0.808. The van der Waals surface area contributed by atoms with Gasteiger partial charge in [-0.3, -0.25) is 4.79 Å². The molecule has 0 radical (unpaired) electrons. The fraction of sp³-hybridized carbons (Fsp3) is 0.100. The van der Waals surface area contributed by atoms with Crippen LogP contribution in [0.25, 0.3) is 10.1 Å². The highest BCUT2D eigenvalue weighted by atomic mass is 79.9. The van der Waals surface area contributed by atoms with Gasteiger partial charge >= 0.3 is 0 Å². The van der Waals surface area contributed by atoms with Crippen molar-refractivity contribution in [1.82, 2.24) is 0 Å². The van der Waals surface area contributed by atoms with E-state index >= 15 is 0 Å². The van der Waals surface area contributed by atoms with Gasteiger partial charge in [-0.1, -0.05) is 15.9 Å². The molecule has 0 bridgehead atoms. The minimum atomic E-state index is -0.258. The minimum Gasteiger partial charge on any atom is -0.298 e. The van der Waals surface area contributed by atoms with E-state index in [1.807, 2.05) is 0 Å². The van der Waals surface area contributed by atoms with E-state index in [-0.39, 0.29) is 5.82 Å². The largest absolute Gasteiger partial charge is 0.298 e. The molecular formula is C10H6BrFOS. The molecule has 0 saturated heterocycles. The summed E-state index contributed by atoms with van der Waals surface area (Å²) in [6, 6.07) is 2.91. The van der Waals surface area contributed by atoms with Crippen molar-refractivity contribution < 1.29 is 9.18 Å². The Morgan fingerprint density at radius 2 is 2.29 bits per heavy atom. The van der Waals surface area contributed by atoms with Gasteiger partial charge in [-0.2, -0.15) is 0 Å². The minimum absolute atomic E-state index is 0.258. The van der Waals surface area contributed by atoms with Crippen LogP contribution in [0.15, 0.2) is 17.5 Å². The molecule has 14 heavy (non-hydrogen) atoms. The van der Waals surface area contributed by atoms with Crippen LogP contribution in [0.4, 0.5) is 4.39 Å². The normalized spacial score (nSPS) is 10.7. The molecule has 0 aliphatic rings. The van der Waals surface area contributed by atoms with Crippen molar-refractivity contribution in [3.63, 3.8) is 0 Å². The van der Waals surface area contributed by atoms with Gasteiger partial charge in [-0.15, -0.1) is 11.3 Å². The Bertz CT molecular complexity index is 492. The van der Waals surface area contributed by atoms with Crippen molar-refractivity contribution in [1.29, 1.82) is 0 Å². The Morgan fingerprint density at radius 3 is 2.93 bits per heavy atom. The van der Waals surface area contributed by atoms with Crippen LogP contribution in [0.2, 0.25) is 0 Å². The molecule has 72 valence electrons. The molecule has 0 amide bonds. The number of alkyl halides is 1. The topological polar surface area (TPSA) is 17.1 Å². The number of benzene rings is 1. The Morgan fingerprint density at radius 1 is 1.50 bits per heavy atom. The highest BCUT2D eigenvalue weighted by molar-refractivity contribution is 9.08. The maximum atomic E-state index is 13.1. The summed E-state index contributed by atoms with van der Waals surface area (Å²) >= 11 is 4.67. The van der Waals surface area contributed by atoms with Crippen LogP contribution in [-0.2, 0) is 5.33 Å². The third-order valence-electron chi connectivity index (χ3n) is 2.02. The number of fused-ring (bicyclic) bond motifs is 1. The molecule has 0 aliphatic heterocycles. The predicted molar refractivity (Wildman–Crippen MR) is 59.8 cm³/mol. The van der Waals surface area contributed by atoms with E-state index in [0.717, 1.165) is 21.9 Å². The van der Waals surface area contributed by atoms with Crippen LogP contribution < -0.4 is 0 Å². The van der Waals surface area contributed by atoms with Gasteiger partial charge in [-0.25, -0.2) is 4.39 Å². The second-order valence-electron chi connectivity index (χ2n) is 2.88. The molecule has 1 heterocycles. The van der Waals surface area contributed by atoms with Gasteiger partial charge in [-0.05, 0) is 17.7 Å². The highest BCUT2D eigenvalue weighted by Gasteiger charge is 2.09. The summed E-state index contributed by atoms with van der Waals surface area (Å²) in [5, 5.41) is 3.17. The zero-order chi connectivity index (χ0) is 10.1. The fourth-order valence-electron chi connectivity index (χ4n) is 1.43. The lowest BCUT2D eigenvalue weighted by atomic mass is 10.1. The summed E-state index contributed by atoms with van der Waals surface area (Å²) in [6.45, 7) is 0. The average Bonchev–Trinajstić information content (AvgIpc) is 2.59. The average molecular weight is 273 g/mol. The van der Waals surface area contributed by atoms with E-state index in [1.54, 1.807) is 5.38 Å². The zero-order valence-corrected chi connectivity index (χ0v) is 9.49. The number of carbonyl (C=O) groups excluding carboxylic acids is 1. The lowest BCUT2D eigenvalue weighted by molar-refractivity contribution is 0.112. The van der Waals surface area contributed by atoms with Crippen molar-refractivity contribution in [3.8, 4) is 0 Å². The van der Waals surface area contributed by atoms with E-state index in [4.69, 9.17) is 0 Å². The first-order chi connectivity index (χ1) is 6.76. The van der Waals surface area contributed by atoms with Crippen LogP contribution in [0.3, 0.4) is 0 Å². The lowest BCUT2D eigenvalue weighted by Crippen LogP contribution is -1.85. The van der Waals surface area contributed by atoms with Crippen LogP contribution in [0.5, 0.6) is 0 Å². The van der Waals surface area contributed by atoms with Crippen molar-refractivity contribution >= 4 is 43.6 Å². The monoisotopic (exact) mass is 272 g/mol. The molecule has 0 spiro atoms. The van der Waals surface area contributed by atoms with Crippen molar-refractivity contribution in [3.05, 3.63) is 34.5 Å². The molecule has 0 fully saturated rings. The highest BCUT2D eigenvalue weighted by Crippen LogP contribution is 2.30. The van der Waals surface area contributed by atoms with Crippen molar-refractivity contribution in [2.24, 2.45) is 0 Å². The molecule has 2 rings (SSSR count). The summed E-state index contributed by atoms with van der Waals surface area (Å²) in [5.74, 6) is -0.258. The first-order valence-electron chi connectivity index (χ1n) is 3.97. The maximum absolute atomic E-state index is 13.1. The van der Waals surface area contributed by atoms with Crippen LogP contribution in [0.1, 0.15) is 15.9 Å². The molecule has 1 nitrogen and oxygen atoms in total. The van der Waals surface area contributed by atoms with Gasteiger partial charge in [0, 0.05) is 26.4 Å². The molecule has 2 aromatic rings. The predicted octanol–water partition coefficient (Wildman–Crippen LogP) is 3.75. The van der Waals surface area contributed by atoms with Gasteiger partial charge < -0.3 is 0 Å². The fourth-order valence-corrected chi connectivity index (χ4v) is 2.85. The van der Waals surface area contributed by atoms with E-state index in [0.29, 0.717) is 10.9 Å². The van der Waals surface area contributed by atoms with E-state index in [2.05, 4.69) is 15.9 Å². The van der Waals surface area contributed by atoms with Gasteiger partial charge in [0.2, 0.25) is 0 Å². The SMILES string of the molecule is O=Cc1csc2cc(F)cc(CBr)c12. The third kappa shape index (κ3) is 1.48. The van der Waals surface area contributed by atoms with Crippen molar-refractivity contribution in [2.45, 2.75) is 5.33 Å². The summed E-state index contributed by atoms with van der Waals surface area (Å²) < 4.78 is 13.9. The van der Waals surface area contributed by atoms with Crippen LogP contribution in [-0.4, -0.2) is 6.29 Å². The Hall–Kier alpha value is -0.740. The van der Waals surface area contributed by atoms with Gasteiger partial charge in [0.15, 0.2) is 6.29 Å². The Labute approximate surface area is 92.7 Å². The number of aldehydes is 1. The summed E-state index contributed by atoms with van der Waals surface area (Å²) in [7, 11) is 0. The maximum Gasteiger partial charge on any atom is 0.151 e. The van der Waals surface area contributed by atoms with Crippen LogP contribution >= 0.6 is 27.3 Å². The molecule has 1 aromatic heterocycles. The quantitative estimate of drug-likeness (QED) is 0.601.